The molecule has 0 bridgehead atoms. The number of nitrogens with one attached hydrogen (secondary N) is 1. The van der Waals surface area contributed by atoms with Crippen molar-refractivity contribution >= 4 is 11.9 Å². The molecule has 1 aliphatic heterocycles. The lowest BCUT2D eigenvalue weighted by atomic mass is 9.89. The number of benzene rings is 2. The molecule has 1 saturated heterocycles. The molecule has 1 aliphatic rings. The summed E-state index contributed by atoms with van der Waals surface area (Å²) >= 11 is 0. The maximum atomic E-state index is 13.9. The van der Waals surface area contributed by atoms with Gasteiger partial charge >= 0.3 is 18.4 Å². The van der Waals surface area contributed by atoms with E-state index in [1.54, 1.807) is 6.92 Å². The fourth-order valence-electron chi connectivity index (χ4n) is 5.12. The van der Waals surface area contributed by atoms with E-state index in [1.807, 2.05) is 0 Å². The van der Waals surface area contributed by atoms with Gasteiger partial charge in [0.2, 0.25) is 0 Å². The van der Waals surface area contributed by atoms with E-state index >= 15 is 0 Å². The van der Waals surface area contributed by atoms with Crippen molar-refractivity contribution in [1.82, 2.24) is 25.1 Å². The molecule has 0 spiro atoms. The maximum absolute atomic E-state index is 13.9. The number of hydrogen-bond donors (Lipinski definition) is 1. The number of carbonyl (C=O) groups is 2. The molecule has 3 aromatic rings. The Balaban J connectivity index is 1.63. The van der Waals surface area contributed by atoms with Crippen molar-refractivity contribution in [3.63, 3.8) is 0 Å². The molecule has 14 heteroatoms. The van der Waals surface area contributed by atoms with Crippen molar-refractivity contribution in [2.45, 2.75) is 57.2 Å². The van der Waals surface area contributed by atoms with Gasteiger partial charge in [-0.05, 0) is 73.7 Å². The van der Waals surface area contributed by atoms with Crippen LogP contribution >= 0.6 is 0 Å². The Morgan fingerprint density at radius 2 is 1.67 bits per heavy atom. The molecule has 1 N–H and O–H groups in total. The maximum Gasteiger partial charge on any atom is 0.416 e. The monoisotopic (exact) mass is 611 g/mol. The van der Waals surface area contributed by atoms with Crippen molar-refractivity contribution in [1.29, 1.82) is 0 Å². The first-order chi connectivity index (χ1) is 20.1. The molecule has 2 aromatic carbocycles. The molecule has 2 heterocycles. The lowest BCUT2D eigenvalue weighted by Gasteiger charge is -2.43. The lowest BCUT2D eigenvalue weighted by Crippen LogP contribution is -2.51. The third kappa shape index (κ3) is 7.23. The molecular formula is C29H28F7N5O2. The van der Waals surface area contributed by atoms with Gasteiger partial charge in [-0.2, -0.15) is 26.3 Å². The molecule has 7 nitrogen and oxygen atoms in total. The molecule has 43 heavy (non-hydrogen) atoms. The number of amides is 3. The van der Waals surface area contributed by atoms with E-state index in [9.17, 15) is 40.3 Å². The average molecular weight is 612 g/mol. The highest BCUT2D eigenvalue weighted by Crippen LogP contribution is 2.39. The fourth-order valence-corrected chi connectivity index (χ4v) is 5.12. The highest BCUT2D eigenvalue weighted by atomic mass is 19.4. The number of hydrogen-bond acceptors (Lipinski definition) is 4. The second kappa shape index (κ2) is 12.2. The summed E-state index contributed by atoms with van der Waals surface area (Å²) in [5.41, 5.74) is -2.13. The van der Waals surface area contributed by atoms with Crippen molar-refractivity contribution in [2.75, 3.05) is 13.6 Å². The number of aromatic nitrogens is 2. The largest absolute Gasteiger partial charge is 0.416 e. The fraction of sp³-hybridized carbons (Fsp3) is 0.379. The van der Waals surface area contributed by atoms with Gasteiger partial charge in [-0.15, -0.1) is 0 Å². The molecule has 0 radical (unpaired) electrons. The van der Waals surface area contributed by atoms with Crippen LogP contribution in [0.1, 0.15) is 70.2 Å². The second-order valence-corrected chi connectivity index (χ2v) is 10.4. The summed E-state index contributed by atoms with van der Waals surface area (Å²) in [4.78, 5) is 36.9. The summed E-state index contributed by atoms with van der Waals surface area (Å²) < 4.78 is 94.8. The number of nitrogens with zero attached hydrogens (tertiary/aromatic N) is 4. The Labute approximate surface area is 242 Å². The van der Waals surface area contributed by atoms with Crippen LogP contribution in [0, 0.1) is 12.7 Å². The molecule has 230 valence electrons. The predicted molar refractivity (Wildman–Crippen MR) is 141 cm³/mol. The van der Waals surface area contributed by atoms with E-state index in [2.05, 4.69) is 15.3 Å². The molecule has 4 rings (SSSR count). The van der Waals surface area contributed by atoms with Gasteiger partial charge < -0.3 is 15.1 Å². The minimum absolute atomic E-state index is 0.0332. The van der Waals surface area contributed by atoms with Crippen LogP contribution < -0.4 is 5.32 Å². The Bertz CT molecular complexity index is 1450. The van der Waals surface area contributed by atoms with E-state index in [1.165, 1.54) is 55.7 Å². The molecule has 1 fully saturated rings. The van der Waals surface area contributed by atoms with Gasteiger partial charge in [0, 0.05) is 32.0 Å². The topological polar surface area (TPSA) is 78.4 Å². The minimum Gasteiger partial charge on any atom is -0.348 e. The van der Waals surface area contributed by atoms with Gasteiger partial charge in [0.05, 0.1) is 29.4 Å². The zero-order valence-corrected chi connectivity index (χ0v) is 23.3. The second-order valence-electron chi connectivity index (χ2n) is 10.4. The smallest absolute Gasteiger partial charge is 0.348 e. The van der Waals surface area contributed by atoms with Gasteiger partial charge in [0.1, 0.15) is 11.5 Å². The van der Waals surface area contributed by atoms with Crippen LogP contribution in [-0.2, 0) is 12.4 Å². The van der Waals surface area contributed by atoms with Gasteiger partial charge in [0.15, 0.2) is 0 Å². The summed E-state index contributed by atoms with van der Waals surface area (Å²) in [6.45, 7) is 3.06. The Kier molecular flexibility index (Phi) is 8.97. The first-order valence-corrected chi connectivity index (χ1v) is 13.2. The molecule has 0 aliphatic carbocycles. The van der Waals surface area contributed by atoms with Crippen molar-refractivity contribution in [2.24, 2.45) is 0 Å². The first kappa shape index (κ1) is 31.7. The van der Waals surface area contributed by atoms with Crippen molar-refractivity contribution in [3.05, 3.63) is 94.3 Å². The van der Waals surface area contributed by atoms with Crippen LogP contribution in [0.2, 0.25) is 0 Å². The third-order valence-corrected chi connectivity index (χ3v) is 7.55. The van der Waals surface area contributed by atoms with Crippen LogP contribution in [-0.4, -0.2) is 51.3 Å². The van der Waals surface area contributed by atoms with Crippen LogP contribution in [0.4, 0.5) is 35.5 Å². The summed E-state index contributed by atoms with van der Waals surface area (Å²) in [6, 6.07) is 2.27. The normalized spacial score (nSPS) is 18.2. The predicted octanol–water partition coefficient (Wildman–Crippen LogP) is 6.71. The molecule has 0 unspecified atom stereocenters. The third-order valence-electron chi connectivity index (χ3n) is 7.55. The number of carbonyl (C=O) groups excluding carboxylic acids is 2. The Morgan fingerprint density at radius 3 is 2.23 bits per heavy atom. The van der Waals surface area contributed by atoms with Crippen LogP contribution in [0.3, 0.4) is 0 Å². The molecule has 0 saturated carbocycles. The molecule has 3 atom stereocenters. The summed E-state index contributed by atoms with van der Waals surface area (Å²) in [6.07, 6.45) is -5.52. The zero-order valence-electron chi connectivity index (χ0n) is 23.3. The van der Waals surface area contributed by atoms with Gasteiger partial charge in [-0.25, -0.2) is 14.2 Å². The molecule has 3 amide bonds. The summed E-state index contributed by atoms with van der Waals surface area (Å²) in [5.74, 6) is -0.985. The molecular weight excluding hydrogens is 583 g/mol. The summed E-state index contributed by atoms with van der Waals surface area (Å²) in [5, 5.41) is 2.86. The SMILES string of the molecule is Cc1cc(F)ccc1[C@H]1C[C@@H](NC(=O)c2cnccn2)CCN1C(=O)N(C)[C@@H](C)c1cc(C(F)(F)F)cc(C(F)(F)F)c1. The van der Waals surface area contributed by atoms with E-state index in [-0.39, 0.29) is 30.3 Å². The van der Waals surface area contributed by atoms with Gasteiger partial charge in [0.25, 0.3) is 5.91 Å². The van der Waals surface area contributed by atoms with Crippen molar-refractivity contribution < 1.29 is 40.3 Å². The lowest BCUT2D eigenvalue weighted by molar-refractivity contribution is -0.143. The average Bonchev–Trinajstić information content (AvgIpc) is 2.95. The standard InChI is InChI=1S/C29H28F7N5O2/c1-16-10-21(30)4-5-23(16)25-14-22(39-26(42)24-15-37-7-8-38-24)6-9-41(25)27(43)40(3)17(2)18-11-19(28(31,32)33)13-20(12-18)29(34,35)36/h4-5,7-8,10-13,15,17,22,25H,6,9,14H2,1-3H3,(H,39,42)/t17-,22-,25+/m0/s1. The number of piperidine rings is 1. The quantitative estimate of drug-likeness (QED) is 0.326. The number of likely N-dealkylation sites (tertiary alicyclic amines) is 1. The highest BCUT2D eigenvalue weighted by Gasteiger charge is 2.40. The zero-order chi connectivity index (χ0) is 31.7. The highest BCUT2D eigenvalue weighted by molar-refractivity contribution is 5.92. The number of aryl methyl sites for hydroxylation is 1. The van der Waals surface area contributed by atoms with Crippen LogP contribution in [0.5, 0.6) is 0 Å². The first-order valence-electron chi connectivity index (χ1n) is 13.2. The number of alkyl halides is 6. The summed E-state index contributed by atoms with van der Waals surface area (Å²) in [7, 11) is 1.29. The van der Waals surface area contributed by atoms with Gasteiger partial charge in [-0.3, -0.25) is 9.78 Å². The number of urea groups is 1. The van der Waals surface area contributed by atoms with Crippen LogP contribution in [0.25, 0.3) is 0 Å². The number of rotatable bonds is 5. The number of halogens is 7. The minimum atomic E-state index is -5.04. The van der Waals surface area contributed by atoms with E-state index in [0.717, 1.165) is 4.90 Å². The van der Waals surface area contributed by atoms with E-state index in [0.29, 0.717) is 29.7 Å². The molecule has 1 aromatic heterocycles. The van der Waals surface area contributed by atoms with Crippen molar-refractivity contribution in [3.8, 4) is 0 Å². The van der Waals surface area contributed by atoms with E-state index < -0.39 is 59.4 Å². The van der Waals surface area contributed by atoms with E-state index in [4.69, 9.17) is 0 Å². The Morgan fingerprint density at radius 1 is 1.02 bits per heavy atom. The van der Waals surface area contributed by atoms with Gasteiger partial charge in [-0.1, -0.05) is 6.07 Å². The van der Waals surface area contributed by atoms with Crippen LogP contribution in [0.15, 0.2) is 55.0 Å². The Hall–Kier alpha value is -4.23.